The molecule has 1 unspecified atom stereocenters. The molecule has 0 saturated carbocycles. The van der Waals surface area contributed by atoms with Crippen LogP contribution in [0.25, 0.3) is 16.9 Å². The van der Waals surface area contributed by atoms with E-state index in [0.29, 0.717) is 53.4 Å². The standard InChI is InChI=1S/C24H26BN7O2/c1-16(12-27-9-8-26)24(34)31-10-4-5-17(15-31)13-28-22-11-20(18-6-2-3-7-21(18)33)30-23-19(25)14-29-32(22)23/h2-3,6-9,11-12,14,17,28,33H,1,4-5,10,13,15,26H2/b9-8-,27-12?. The van der Waals surface area contributed by atoms with Crippen LogP contribution in [0.1, 0.15) is 12.8 Å². The van der Waals surface area contributed by atoms with Crippen molar-refractivity contribution < 1.29 is 9.90 Å². The van der Waals surface area contributed by atoms with Crippen molar-refractivity contribution in [2.75, 3.05) is 25.0 Å². The highest BCUT2D eigenvalue weighted by Gasteiger charge is 2.25. The number of phenolic OH excluding ortho intramolecular Hbond substituents is 1. The molecule has 2 aromatic heterocycles. The summed E-state index contributed by atoms with van der Waals surface area (Å²) in [6, 6.07) is 8.85. The topological polar surface area (TPSA) is 121 Å². The third-order valence-corrected chi connectivity index (χ3v) is 5.73. The quantitative estimate of drug-likeness (QED) is 0.283. The summed E-state index contributed by atoms with van der Waals surface area (Å²) in [6.07, 6.45) is 7.55. The Morgan fingerprint density at radius 1 is 1.41 bits per heavy atom. The van der Waals surface area contributed by atoms with Gasteiger partial charge < -0.3 is 21.1 Å². The van der Waals surface area contributed by atoms with E-state index >= 15 is 0 Å². The number of rotatable bonds is 7. The predicted molar refractivity (Wildman–Crippen MR) is 134 cm³/mol. The third-order valence-electron chi connectivity index (χ3n) is 5.73. The predicted octanol–water partition coefficient (Wildman–Crippen LogP) is 1.60. The molecule has 1 aliphatic rings. The van der Waals surface area contributed by atoms with Crippen LogP contribution in [0.2, 0.25) is 0 Å². The average Bonchev–Trinajstić information content (AvgIpc) is 3.23. The highest BCUT2D eigenvalue weighted by atomic mass is 16.3. The van der Waals surface area contributed by atoms with E-state index in [4.69, 9.17) is 13.6 Å². The minimum atomic E-state index is -0.133. The molecular weight excluding hydrogens is 429 g/mol. The number of aliphatic imine (C=N–C) groups is 1. The number of fused-ring (bicyclic) bond motifs is 1. The Morgan fingerprint density at radius 3 is 3.03 bits per heavy atom. The molecule has 1 aliphatic heterocycles. The molecule has 4 N–H and O–H groups in total. The number of aromatic hydroxyl groups is 1. The van der Waals surface area contributed by atoms with Gasteiger partial charge in [0.2, 0.25) is 0 Å². The van der Waals surface area contributed by atoms with Crippen LogP contribution in [0, 0.1) is 5.92 Å². The van der Waals surface area contributed by atoms with Crippen LogP contribution in [0.4, 0.5) is 5.82 Å². The zero-order valence-corrected chi connectivity index (χ0v) is 18.8. The number of para-hydroxylation sites is 1. The van der Waals surface area contributed by atoms with Crippen LogP contribution in [-0.2, 0) is 4.79 Å². The third kappa shape index (κ3) is 4.95. The first-order chi connectivity index (χ1) is 16.5. The number of hydrogen-bond donors (Lipinski definition) is 3. The van der Waals surface area contributed by atoms with Crippen molar-refractivity contribution in [3.63, 3.8) is 0 Å². The fraction of sp³-hybridized carbons (Fsp3) is 0.250. The van der Waals surface area contributed by atoms with Gasteiger partial charge in [-0.25, -0.2) is 4.98 Å². The van der Waals surface area contributed by atoms with Gasteiger partial charge in [0.15, 0.2) is 5.65 Å². The van der Waals surface area contributed by atoms with Crippen molar-refractivity contribution in [3.05, 3.63) is 61.1 Å². The van der Waals surface area contributed by atoms with Crippen LogP contribution in [0.15, 0.2) is 66.1 Å². The minimum absolute atomic E-state index is 0.133. The molecule has 9 nitrogen and oxygen atoms in total. The Balaban J connectivity index is 1.50. The first-order valence-corrected chi connectivity index (χ1v) is 11.0. The van der Waals surface area contributed by atoms with E-state index in [9.17, 15) is 9.90 Å². The SMILES string of the molecule is [B]c1cnn2c(NCC3CCCN(C(=O)C(=C)C=N/C=C\N)C3)cc(-c3ccccc3O)nc12. The summed E-state index contributed by atoms with van der Waals surface area (Å²) in [4.78, 5) is 23.1. The van der Waals surface area contributed by atoms with Crippen LogP contribution in [0.5, 0.6) is 5.75 Å². The summed E-state index contributed by atoms with van der Waals surface area (Å²) in [5.41, 5.74) is 7.72. The number of phenols is 1. The maximum Gasteiger partial charge on any atom is 0.254 e. The zero-order valence-electron chi connectivity index (χ0n) is 18.8. The summed E-state index contributed by atoms with van der Waals surface area (Å²) in [5.74, 6) is 0.937. The summed E-state index contributed by atoms with van der Waals surface area (Å²) in [7, 11) is 6.08. The van der Waals surface area contributed by atoms with Gasteiger partial charge in [-0.3, -0.25) is 9.79 Å². The molecule has 1 aromatic carbocycles. The van der Waals surface area contributed by atoms with Crippen molar-refractivity contribution in [2.24, 2.45) is 16.6 Å². The summed E-state index contributed by atoms with van der Waals surface area (Å²) >= 11 is 0. The van der Waals surface area contributed by atoms with Gasteiger partial charge in [0.05, 0.1) is 11.3 Å². The minimum Gasteiger partial charge on any atom is -0.507 e. The number of carbonyl (C=O) groups is 1. The Labute approximate surface area is 199 Å². The lowest BCUT2D eigenvalue weighted by Crippen LogP contribution is -2.42. The maximum atomic E-state index is 12.7. The number of carbonyl (C=O) groups excluding carboxylic acids is 1. The van der Waals surface area contributed by atoms with Crippen LogP contribution < -0.4 is 16.5 Å². The number of aromatic nitrogens is 3. The van der Waals surface area contributed by atoms with Gasteiger partial charge in [0.25, 0.3) is 5.91 Å². The van der Waals surface area contributed by atoms with Gasteiger partial charge in [-0.2, -0.15) is 9.61 Å². The Hall–Kier alpha value is -4.08. The summed E-state index contributed by atoms with van der Waals surface area (Å²) < 4.78 is 1.65. The Morgan fingerprint density at radius 2 is 2.24 bits per heavy atom. The number of nitrogens with two attached hydrogens (primary N) is 1. The second-order valence-corrected chi connectivity index (χ2v) is 8.16. The number of benzene rings is 1. The van der Waals surface area contributed by atoms with E-state index in [0.717, 1.165) is 12.8 Å². The van der Waals surface area contributed by atoms with Gasteiger partial charge >= 0.3 is 0 Å². The van der Waals surface area contributed by atoms with Gasteiger partial charge in [-0.05, 0) is 36.4 Å². The molecule has 0 spiro atoms. The van der Waals surface area contributed by atoms with E-state index in [1.54, 1.807) is 33.8 Å². The van der Waals surface area contributed by atoms with Crippen molar-refractivity contribution in [1.29, 1.82) is 0 Å². The first kappa shape index (κ1) is 23.1. The van der Waals surface area contributed by atoms with Gasteiger partial charge in [0.1, 0.15) is 19.4 Å². The highest BCUT2D eigenvalue weighted by molar-refractivity contribution is 6.36. The number of piperidine rings is 1. The normalized spacial score (nSPS) is 16.5. The number of amides is 1. The molecule has 0 aliphatic carbocycles. The maximum absolute atomic E-state index is 12.7. The van der Waals surface area contributed by atoms with Gasteiger partial charge in [-0.15, -0.1) is 0 Å². The van der Waals surface area contributed by atoms with Crippen LogP contribution in [-0.4, -0.2) is 64.2 Å². The lowest BCUT2D eigenvalue weighted by atomic mass is 9.97. The smallest absolute Gasteiger partial charge is 0.254 e. The average molecular weight is 455 g/mol. The molecule has 1 atom stereocenters. The number of hydrogen-bond acceptors (Lipinski definition) is 7. The molecule has 1 saturated heterocycles. The number of likely N-dealkylation sites (tertiary alicyclic amines) is 1. The Kier molecular flexibility index (Phi) is 6.96. The van der Waals surface area contributed by atoms with Crippen molar-refractivity contribution >= 4 is 36.9 Å². The molecule has 1 amide bonds. The number of nitrogens with zero attached hydrogens (tertiary/aromatic N) is 5. The van der Waals surface area contributed by atoms with Gasteiger partial charge in [-0.1, -0.05) is 18.7 Å². The number of nitrogens with one attached hydrogen (secondary N) is 1. The van der Waals surface area contributed by atoms with Crippen molar-refractivity contribution in [3.8, 4) is 17.0 Å². The van der Waals surface area contributed by atoms with E-state index in [2.05, 4.69) is 27.0 Å². The van der Waals surface area contributed by atoms with E-state index in [1.165, 1.54) is 18.6 Å². The lowest BCUT2D eigenvalue weighted by molar-refractivity contribution is -0.128. The van der Waals surface area contributed by atoms with E-state index < -0.39 is 0 Å². The fourth-order valence-electron chi connectivity index (χ4n) is 4.04. The highest BCUT2D eigenvalue weighted by Crippen LogP contribution is 2.29. The first-order valence-electron chi connectivity index (χ1n) is 11.0. The Bertz CT molecular complexity index is 1270. The van der Waals surface area contributed by atoms with Gasteiger partial charge in [0, 0.05) is 56.1 Å². The summed E-state index contributed by atoms with van der Waals surface area (Å²) in [6.45, 7) is 5.73. The molecule has 4 rings (SSSR count). The van der Waals surface area contributed by atoms with Crippen LogP contribution >= 0.6 is 0 Å². The molecule has 172 valence electrons. The molecule has 0 bridgehead atoms. The molecule has 2 radical (unpaired) electrons. The second kappa shape index (κ2) is 10.2. The molecule has 10 heteroatoms. The van der Waals surface area contributed by atoms with Crippen LogP contribution in [0.3, 0.4) is 0 Å². The fourth-order valence-corrected chi connectivity index (χ4v) is 4.04. The second-order valence-electron chi connectivity index (χ2n) is 8.16. The summed E-state index contributed by atoms with van der Waals surface area (Å²) in [5, 5.41) is 18.1. The number of anilines is 1. The van der Waals surface area contributed by atoms with Crippen molar-refractivity contribution in [2.45, 2.75) is 12.8 Å². The van der Waals surface area contributed by atoms with E-state index in [1.807, 2.05) is 12.1 Å². The molecule has 1 fully saturated rings. The lowest BCUT2D eigenvalue weighted by Gasteiger charge is -2.33. The monoisotopic (exact) mass is 455 g/mol. The molecule has 3 heterocycles. The molecular formula is C24H26BN7O2. The van der Waals surface area contributed by atoms with E-state index in [-0.39, 0.29) is 17.6 Å². The van der Waals surface area contributed by atoms with Crippen molar-refractivity contribution in [1.82, 2.24) is 19.5 Å². The zero-order chi connectivity index (χ0) is 24.1. The largest absolute Gasteiger partial charge is 0.507 e. The molecule has 3 aromatic rings. The molecule has 34 heavy (non-hydrogen) atoms.